The van der Waals surface area contributed by atoms with Crippen LogP contribution in [-0.2, 0) is 11.2 Å². The van der Waals surface area contributed by atoms with Crippen LogP contribution in [0.2, 0.25) is 0 Å². The van der Waals surface area contributed by atoms with E-state index in [9.17, 15) is 9.90 Å². The summed E-state index contributed by atoms with van der Waals surface area (Å²) >= 11 is 0. The molecule has 160 valence electrons. The Kier molecular flexibility index (Phi) is 7.19. The first-order chi connectivity index (χ1) is 14.8. The number of nitrogens with zero attached hydrogens (tertiary/aromatic N) is 1. The van der Waals surface area contributed by atoms with Gasteiger partial charge >= 0.3 is 0 Å². The predicted molar refractivity (Wildman–Crippen MR) is 120 cm³/mol. The van der Waals surface area contributed by atoms with Crippen LogP contribution in [0.25, 0.3) is 0 Å². The van der Waals surface area contributed by atoms with Gasteiger partial charge in [0, 0.05) is 12.6 Å². The summed E-state index contributed by atoms with van der Waals surface area (Å²) in [6.07, 6.45) is 8.30. The third-order valence-electron chi connectivity index (χ3n) is 6.82. The second kappa shape index (κ2) is 10.2. The van der Waals surface area contributed by atoms with E-state index in [1.165, 1.54) is 43.2 Å². The Balaban J connectivity index is 1.45. The third kappa shape index (κ3) is 4.93. The van der Waals surface area contributed by atoms with Crippen molar-refractivity contribution >= 4 is 5.91 Å². The zero-order valence-corrected chi connectivity index (χ0v) is 17.8. The van der Waals surface area contributed by atoms with Crippen LogP contribution >= 0.6 is 0 Å². The van der Waals surface area contributed by atoms with E-state index in [0.29, 0.717) is 5.92 Å². The summed E-state index contributed by atoms with van der Waals surface area (Å²) in [5, 5.41) is 13.2. The number of benzene rings is 2. The van der Waals surface area contributed by atoms with Gasteiger partial charge in [0.05, 0.1) is 19.2 Å². The van der Waals surface area contributed by atoms with Crippen LogP contribution in [0.3, 0.4) is 0 Å². The Morgan fingerprint density at radius 3 is 2.53 bits per heavy atom. The Hall–Kier alpha value is -2.17. The molecule has 0 bridgehead atoms. The van der Waals surface area contributed by atoms with Gasteiger partial charge in [-0.2, -0.15) is 0 Å². The van der Waals surface area contributed by atoms with Gasteiger partial charge in [0.25, 0.3) is 0 Å². The van der Waals surface area contributed by atoms with Gasteiger partial charge in [-0.1, -0.05) is 86.7 Å². The van der Waals surface area contributed by atoms with Gasteiger partial charge in [0.1, 0.15) is 0 Å². The van der Waals surface area contributed by atoms with E-state index in [0.717, 1.165) is 24.9 Å². The highest BCUT2D eigenvalue weighted by atomic mass is 16.3. The van der Waals surface area contributed by atoms with Gasteiger partial charge in [-0.25, -0.2) is 0 Å². The molecule has 4 rings (SSSR count). The van der Waals surface area contributed by atoms with Gasteiger partial charge in [-0.3, -0.25) is 4.79 Å². The topological polar surface area (TPSA) is 52.6 Å². The molecule has 0 aromatic heterocycles. The van der Waals surface area contributed by atoms with Crippen molar-refractivity contribution in [3.05, 3.63) is 71.3 Å². The smallest absolute Gasteiger partial charge is 0.237 e. The van der Waals surface area contributed by atoms with Crippen LogP contribution in [0.15, 0.2) is 54.6 Å². The maximum absolute atomic E-state index is 13.3. The second-order valence-corrected chi connectivity index (χ2v) is 8.85. The molecule has 1 fully saturated rings. The fraction of sp³-hybridized carbons (Fsp3) is 0.500. The van der Waals surface area contributed by atoms with E-state index < -0.39 is 0 Å². The number of carbonyl (C=O) groups excluding carboxylic acids is 1. The summed E-state index contributed by atoms with van der Waals surface area (Å²) in [5.41, 5.74) is 3.71. The number of aliphatic hydroxyl groups is 1. The predicted octanol–water partition coefficient (Wildman–Crippen LogP) is 4.08. The highest BCUT2D eigenvalue weighted by Crippen LogP contribution is 2.35. The van der Waals surface area contributed by atoms with Gasteiger partial charge in [0.15, 0.2) is 0 Å². The van der Waals surface area contributed by atoms with Crippen molar-refractivity contribution in [1.82, 2.24) is 10.2 Å². The van der Waals surface area contributed by atoms with Crippen molar-refractivity contribution in [3.8, 4) is 0 Å². The molecular formula is C26H34N2O2. The summed E-state index contributed by atoms with van der Waals surface area (Å²) in [4.78, 5) is 15.3. The minimum absolute atomic E-state index is 0.00398. The van der Waals surface area contributed by atoms with Crippen LogP contribution in [0.4, 0.5) is 0 Å². The Bertz CT molecular complexity index is 817. The molecule has 0 saturated heterocycles. The van der Waals surface area contributed by atoms with Gasteiger partial charge in [-0.15, -0.1) is 0 Å². The van der Waals surface area contributed by atoms with Crippen molar-refractivity contribution in [2.45, 2.75) is 57.0 Å². The molecule has 2 N–H and O–H groups in total. The summed E-state index contributed by atoms with van der Waals surface area (Å²) in [6, 6.07) is 18.8. The molecule has 0 radical (unpaired) electrons. The third-order valence-corrected chi connectivity index (χ3v) is 6.82. The normalized spacial score (nSPS) is 20.6. The van der Waals surface area contributed by atoms with Crippen LogP contribution in [0, 0.1) is 5.92 Å². The number of carbonyl (C=O) groups is 1. The number of nitrogens with one attached hydrogen (secondary N) is 1. The fourth-order valence-electron chi connectivity index (χ4n) is 5.21. The van der Waals surface area contributed by atoms with E-state index in [-0.39, 0.29) is 31.1 Å². The Morgan fingerprint density at radius 1 is 1.03 bits per heavy atom. The molecule has 2 aromatic rings. The van der Waals surface area contributed by atoms with E-state index >= 15 is 0 Å². The molecule has 4 heteroatoms. The second-order valence-electron chi connectivity index (χ2n) is 8.85. The first-order valence-corrected chi connectivity index (χ1v) is 11.5. The molecule has 1 heterocycles. The van der Waals surface area contributed by atoms with Crippen molar-refractivity contribution in [1.29, 1.82) is 0 Å². The Labute approximate surface area is 180 Å². The standard InChI is InChI=1S/C26H34N2O2/c29-19-23(17-20-9-3-1-4-10-20)27-18-25(30)28-16-15-21-11-7-8-14-24(21)26(28)22-12-5-2-6-13-22/h2,5-8,11-14,20,23,26-27,29H,1,3-4,9-10,15-19H2/t23-,26-/m0/s1. The van der Waals surface area contributed by atoms with Crippen molar-refractivity contribution in [2.24, 2.45) is 5.92 Å². The zero-order valence-electron chi connectivity index (χ0n) is 17.8. The number of hydrogen-bond donors (Lipinski definition) is 2. The average molecular weight is 407 g/mol. The molecule has 4 nitrogen and oxygen atoms in total. The monoisotopic (exact) mass is 406 g/mol. The van der Waals surface area contributed by atoms with Crippen LogP contribution < -0.4 is 5.32 Å². The number of hydrogen-bond acceptors (Lipinski definition) is 3. The first kappa shape index (κ1) is 21.1. The molecule has 1 aliphatic carbocycles. The van der Waals surface area contributed by atoms with Crippen LogP contribution in [-0.4, -0.2) is 41.7 Å². The van der Waals surface area contributed by atoms with Crippen molar-refractivity contribution in [3.63, 3.8) is 0 Å². The van der Waals surface area contributed by atoms with E-state index in [4.69, 9.17) is 0 Å². The minimum atomic E-state index is -0.0450. The lowest BCUT2D eigenvalue weighted by Gasteiger charge is -2.38. The molecule has 2 atom stereocenters. The molecule has 1 amide bonds. The van der Waals surface area contributed by atoms with Gasteiger partial charge in [-0.05, 0) is 35.4 Å². The van der Waals surface area contributed by atoms with Crippen LogP contribution in [0.5, 0.6) is 0 Å². The molecule has 1 saturated carbocycles. The quantitative estimate of drug-likeness (QED) is 0.728. The SMILES string of the molecule is O=C(CN[C@H](CO)CC1CCCCC1)N1CCc2ccccc2[C@@H]1c1ccccc1. The fourth-order valence-corrected chi connectivity index (χ4v) is 5.21. The summed E-state index contributed by atoms with van der Waals surface area (Å²) < 4.78 is 0. The maximum Gasteiger partial charge on any atom is 0.237 e. The summed E-state index contributed by atoms with van der Waals surface area (Å²) in [7, 11) is 0. The Morgan fingerprint density at radius 2 is 1.77 bits per heavy atom. The highest BCUT2D eigenvalue weighted by Gasteiger charge is 2.31. The van der Waals surface area contributed by atoms with Gasteiger partial charge < -0.3 is 15.3 Å². The number of amides is 1. The molecule has 2 aromatic carbocycles. The lowest BCUT2D eigenvalue weighted by molar-refractivity contribution is -0.132. The van der Waals surface area contributed by atoms with E-state index in [1.807, 2.05) is 23.1 Å². The van der Waals surface area contributed by atoms with Crippen molar-refractivity contribution < 1.29 is 9.90 Å². The molecule has 30 heavy (non-hydrogen) atoms. The first-order valence-electron chi connectivity index (χ1n) is 11.5. The molecule has 2 aliphatic rings. The average Bonchev–Trinajstić information content (AvgIpc) is 2.82. The van der Waals surface area contributed by atoms with Crippen LogP contribution in [0.1, 0.15) is 61.3 Å². The number of aliphatic hydroxyl groups excluding tert-OH is 1. The summed E-state index contributed by atoms with van der Waals surface area (Å²) in [6.45, 7) is 1.10. The molecule has 1 aliphatic heterocycles. The largest absolute Gasteiger partial charge is 0.395 e. The molecular weight excluding hydrogens is 372 g/mol. The highest BCUT2D eigenvalue weighted by molar-refractivity contribution is 5.79. The van der Waals surface area contributed by atoms with E-state index in [1.54, 1.807) is 0 Å². The zero-order chi connectivity index (χ0) is 20.8. The maximum atomic E-state index is 13.3. The number of rotatable bonds is 7. The van der Waals surface area contributed by atoms with E-state index in [2.05, 4.69) is 41.7 Å². The summed E-state index contributed by atoms with van der Waals surface area (Å²) in [5.74, 6) is 0.790. The lowest BCUT2D eigenvalue weighted by Crippen LogP contribution is -2.47. The lowest BCUT2D eigenvalue weighted by atomic mass is 9.85. The van der Waals surface area contributed by atoms with Crippen molar-refractivity contribution in [2.75, 3.05) is 19.7 Å². The molecule has 0 spiro atoms. The molecule has 0 unspecified atom stereocenters. The van der Waals surface area contributed by atoms with Gasteiger partial charge in [0.2, 0.25) is 5.91 Å². The number of fused-ring (bicyclic) bond motifs is 1. The minimum Gasteiger partial charge on any atom is -0.395 e.